The van der Waals surface area contributed by atoms with Gasteiger partial charge in [0, 0.05) is 23.7 Å². The van der Waals surface area contributed by atoms with Crippen molar-refractivity contribution in [1.29, 1.82) is 0 Å². The van der Waals surface area contributed by atoms with Gasteiger partial charge in [0.05, 0.1) is 19.4 Å². The second-order valence-electron chi connectivity index (χ2n) is 4.39. The molecule has 0 bridgehead atoms. The molecule has 5 heteroatoms. The van der Waals surface area contributed by atoms with Crippen LogP contribution < -0.4 is 4.74 Å². The highest BCUT2D eigenvalue weighted by Crippen LogP contribution is 2.26. The summed E-state index contributed by atoms with van der Waals surface area (Å²) in [6.07, 6.45) is 2.94. The lowest BCUT2D eigenvalue weighted by Crippen LogP contribution is -2.24. The van der Waals surface area contributed by atoms with Gasteiger partial charge in [-0.05, 0) is 19.7 Å². The molecule has 2 aromatic heterocycles. The van der Waals surface area contributed by atoms with Gasteiger partial charge in [-0.2, -0.15) is 0 Å². The van der Waals surface area contributed by atoms with E-state index < -0.39 is 6.10 Å². The molecule has 1 atom stereocenters. The Kier molecular flexibility index (Phi) is 6.48. The van der Waals surface area contributed by atoms with Crippen LogP contribution in [0.3, 0.4) is 0 Å². The molecular weight excluding hydrogens is 254 g/mol. The number of H-pyrrole nitrogens is 1. The number of rotatable bonds is 5. The van der Waals surface area contributed by atoms with Crippen molar-refractivity contribution in [3.63, 3.8) is 0 Å². The van der Waals surface area contributed by atoms with Gasteiger partial charge in [-0.25, -0.2) is 4.98 Å². The Bertz CT molecular complexity index is 525. The summed E-state index contributed by atoms with van der Waals surface area (Å²) in [5, 5.41) is 11.2. The molecule has 2 N–H and O–H groups in total. The third kappa shape index (κ3) is 3.71. The topological polar surface area (TPSA) is 61.4 Å². The zero-order chi connectivity index (χ0) is 15.1. The van der Waals surface area contributed by atoms with E-state index in [9.17, 15) is 5.11 Å². The van der Waals surface area contributed by atoms with E-state index in [-0.39, 0.29) is 0 Å². The number of pyridine rings is 1. The number of aromatic amines is 1. The maximum Gasteiger partial charge on any atom is 0.137 e. The lowest BCUT2D eigenvalue weighted by atomic mass is 10.1. The molecule has 5 nitrogen and oxygen atoms in total. The van der Waals surface area contributed by atoms with Gasteiger partial charge in [0.1, 0.15) is 11.4 Å². The highest BCUT2D eigenvalue weighted by molar-refractivity contribution is 5.81. The Labute approximate surface area is 120 Å². The first-order valence-corrected chi connectivity index (χ1v) is 7.03. The number of aromatic nitrogens is 2. The van der Waals surface area contributed by atoms with Crippen LogP contribution >= 0.6 is 0 Å². The standard InChI is InChI=1S/C13H19N3O2.C2H6/c1-4-16(2)8-12(17)11-7-15-13-10(11)5-9(18-3)6-14-13;1-2/h5-7,12,17H,4,8H2,1-3H3,(H,14,15);1-2H3. The van der Waals surface area contributed by atoms with Gasteiger partial charge >= 0.3 is 0 Å². The van der Waals surface area contributed by atoms with Crippen molar-refractivity contribution < 1.29 is 9.84 Å². The minimum Gasteiger partial charge on any atom is -0.495 e. The number of hydrogen-bond donors (Lipinski definition) is 2. The first-order chi connectivity index (χ1) is 9.65. The molecule has 0 aliphatic rings. The molecule has 0 saturated carbocycles. The molecule has 112 valence electrons. The van der Waals surface area contributed by atoms with Crippen LogP contribution in [0.5, 0.6) is 5.75 Å². The summed E-state index contributed by atoms with van der Waals surface area (Å²) in [5.74, 6) is 0.694. The lowest BCUT2D eigenvalue weighted by molar-refractivity contribution is 0.131. The van der Waals surface area contributed by atoms with Gasteiger partial charge in [0.2, 0.25) is 0 Å². The van der Waals surface area contributed by atoms with Crippen LogP contribution in [0.25, 0.3) is 11.0 Å². The summed E-state index contributed by atoms with van der Waals surface area (Å²) in [7, 11) is 3.59. The molecule has 2 rings (SSSR count). The number of methoxy groups -OCH3 is 1. The fourth-order valence-electron chi connectivity index (χ4n) is 1.91. The molecule has 1 unspecified atom stereocenters. The predicted octanol–water partition coefficient (Wildman–Crippen LogP) is 2.58. The third-order valence-electron chi connectivity index (χ3n) is 3.16. The van der Waals surface area contributed by atoms with Gasteiger partial charge in [0.15, 0.2) is 0 Å². The first kappa shape index (κ1) is 16.5. The molecule has 2 aromatic rings. The average molecular weight is 279 g/mol. The normalized spacial score (nSPS) is 12.2. The van der Waals surface area contributed by atoms with Crippen molar-refractivity contribution in [3.8, 4) is 5.75 Å². The number of aliphatic hydroxyl groups excluding tert-OH is 1. The van der Waals surface area contributed by atoms with Gasteiger partial charge in [-0.1, -0.05) is 20.8 Å². The minimum absolute atomic E-state index is 0.530. The first-order valence-electron chi connectivity index (χ1n) is 7.03. The van der Waals surface area contributed by atoms with E-state index in [0.717, 1.165) is 23.1 Å². The maximum atomic E-state index is 10.2. The number of hydrogen-bond acceptors (Lipinski definition) is 4. The van der Waals surface area contributed by atoms with Crippen LogP contribution in [-0.2, 0) is 0 Å². The number of fused-ring (bicyclic) bond motifs is 1. The van der Waals surface area contributed by atoms with Gasteiger partial charge < -0.3 is 19.7 Å². The molecule has 0 aliphatic heterocycles. The van der Waals surface area contributed by atoms with Crippen molar-refractivity contribution in [2.24, 2.45) is 0 Å². The Morgan fingerprint density at radius 3 is 2.75 bits per heavy atom. The SMILES string of the molecule is CC.CCN(C)CC(O)c1c[nH]c2ncc(OC)cc12. The summed E-state index contributed by atoms with van der Waals surface area (Å²) < 4.78 is 5.16. The smallest absolute Gasteiger partial charge is 0.137 e. The fourth-order valence-corrected chi connectivity index (χ4v) is 1.91. The largest absolute Gasteiger partial charge is 0.495 e. The molecular formula is C15H25N3O2. The zero-order valence-corrected chi connectivity index (χ0v) is 13.0. The number of likely N-dealkylation sites (N-methyl/N-ethyl adjacent to an activating group) is 1. The van der Waals surface area contributed by atoms with Crippen LogP contribution in [0, 0.1) is 0 Å². The second kappa shape index (κ2) is 7.87. The number of aliphatic hydroxyl groups is 1. The van der Waals surface area contributed by atoms with Crippen molar-refractivity contribution in [2.45, 2.75) is 26.9 Å². The van der Waals surface area contributed by atoms with Crippen molar-refractivity contribution in [1.82, 2.24) is 14.9 Å². The van der Waals surface area contributed by atoms with E-state index in [0.29, 0.717) is 12.3 Å². The lowest BCUT2D eigenvalue weighted by Gasteiger charge is -2.18. The number of nitrogens with zero attached hydrogens (tertiary/aromatic N) is 2. The monoisotopic (exact) mass is 279 g/mol. The zero-order valence-electron chi connectivity index (χ0n) is 13.0. The van der Waals surface area contributed by atoms with Crippen molar-refractivity contribution in [2.75, 3.05) is 27.2 Å². The van der Waals surface area contributed by atoms with Crippen molar-refractivity contribution in [3.05, 3.63) is 24.0 Å². The van der Waals surface area contributed by atoms with E-state index >= 15 is 0 Å². The minimum atomic E-state index is -0.530. The van der Waals surface area contributed by atoms with Crippen LogP contribution in [0.15, 0.2) is 18.5 Å². The van der Waals surface area contributed by atoms with E-state index in [2.05, 4.69) is 21.8 Å². The molecule has 2 heterocycles. The summed E-state index contributed by atoms with van der Waals surface area (Å²) in [6.45, 7) is 7.56. The molecule has 0 aliphatic carbocycles. The molecule has 0 amide bonds. The van der Waals surface area contributed by atoms with Crippen LogP contribution in [-0.4, -0.2) is 47.2 Å². The van der Waals surface area contributed by atoms with Crippen LogP contribution in [0.1, 0.15) is 32.4 Å². The molecule has 0 aromatic carbocycles. The van der Waals surface area contributed by atoms with E-state index in [1.807, 2.05) is 33.2 Å². The number of nitrogens with one attached hydrogen (secondary N) is 1. The van der Waals surface area contributed by atoms with E-state index in [4.69, 9.17) is 4.74 Å². The Morgan fingerprint density at radius 1 is 1.45 bits per heavy atom. The Balaban J connectivity index is 0.000000956. The second-order valence-corrected chi connectivity index (χ2v) is 4.39. The van der Waals surface area contributed by atoms with Crippen LogP contribution in [0.2, 0.25) is 0 Å². The number of ether oxygens (including phenoxy) is 1. The quantitative estimate of drug-likeness (QED) is 0.883. The van der Waals surface area contributed by atoms with Gasteiger partial charge in [0.25, 0.3) is 0 Å². The summed E-state index contributed by atoms with van der Waals surface area (Å²) in [4.78, 5) is 9.38. The van der Waals surface area contributed by atoms with Crippen molar-refractivity contribution >= 4 is 11.0 Å². The summed E-state index contributed by atoms with van der Waals surface area (Å²) >= 11 is 0. The molecule has 20 heavy (non-hydrogen) atoms. The fraction of sp³-hybridized carbons (Fsp3) is 0.533. The maximum absolute atomic E-state index is 10.2. The molecule has 0 spiro atoms. The van der Waals surface area contributed by atoms with Gasteiger partial charge in [-0.3, -0.25) is 0 Å². The third-order valence-corrected chi connectivity index (χ3v) is 3.16. The Hall–Kier alpha value is -1.59. The van der Waals surface area contributed by atoms with Gasteiger partial charge in [-0.15, -0.1) is 0 Å². The predicted molar refractivity (Wildman–Crippen MR) is 82.1 cm³/mol. The Morgan fingerprint density at radius 2 is 2.15 bits per heavy atom. The highest BCUT2D eigenvalue weighted by atomic mass is 16.5. The van der Waals surface area contributed by atoms with E-state index in [1.54, 1.807) is 13.3 Å². The molecule has 0 saturated heterocycles. The van der Waals surface area contributed by atoms with Crippen LogP contribution in [0.4, 0.5) is 0 Å². The summed E-state index contributed by atoms with van der Waals surface area (Å²) in [5.41, 5.74) is 1.63. The molecule has 0 radical (unpaired) electrons. The highest BCUT2D eigenvalue weighted by Gasteiger charge is 2.15. The van der Waals surface area contributed by atoms with E-state index in [1.165, 1.54) is 0 Å². The molecule has 0 fully saturated rings. The average Bonchev–Trinajstić information content (AvgIpc) is 2.91. The summed E-state index contributed by atoms with van der Waals surface area (Å²) in [6, 6.07) is 1.89.